The molecule has 0 bridgehead atoms. The number of thiazole rings is 1. The first kappa shape index (κ1) is 23.3. The SMILES string of the molecule is CC(O)(CO)c1ncc(S(N)=O)s1.N#Cc1c2c(c(NC(N)=O)c3c1CCC3)CCC2. The van der Waals surface area contributed by atoms with Crippen molar-refractivity contribution in [2.45, 2.75) is 55.3 Å². The molecule has 11 heteroatoms. The molecule has 2 amide bonds. The minimum absolute atomic E-state index is 0.309. The summed E-state index contributed by atoms with van der Waals surface area (Å²) in [5.41, 5.74) is 10.2. The molecule has 1 heterocycles. The number of aliphatic hydroxyl groups is 2. The summed E-state index contributed by atoms with van der Waals surface area (Å²) in [5.74, 6) is 0. The summed E-state index contributed by atoms with van der Waals surface area (Å²) in [5, 5.41) is 35.9. The van der Waals surface area contributed by atoms with E-state index in [0.717, 1.165) is 83.4 Å². The molecule has 2 aliphatic carbocycles. The Kier molecular flexibility index (Phi) is 7.08. The Labute approximate surface area is 186 Å². The number of primary amides is 1. The highest BCUT2D eigenvalue weighted by Crippen LogP contribution is 2.41. The van der Waals surface area contributed by atoms with Gasteiger partial charge in [0.1, 0.15) is 25.8 Å². The lowest BCUT2D eigenvalue weighted by molar-refractivity contribution is -0.00244. The van der Waals surface area contributed by atoms with Crippen LogP contribution < -0.4 is 16.2 Å². The van der Waals surface area contributed by atoms with Crippen LogP contribution in [0, 0.1) is 11.3 Å². The number of benzene rings is 1. The Morgan fingerprint density at radius 1 is 1.29 bits per heavy atom. The highest BCUT2D eigenvalue weighted by atomic mass is 32.2. The number of urea groups is 1. The molecule has 7 N–H and O–H groups in total. The lowest BCUT2D eigenvalue weighted by Crippen LogP contribution is -2.25. The Hall–Kier alpha value is -2.36. The predicted octanol–water partition coefficient (Wildman–Crippen LogP) is 1.35. The second kappa shape index (κ2) is 9.42. The maximum Gasteiger partial charge on any atom is 0.316 e. The number of rotatable bonds is 4. The lowest BCUT2D eigenvalue weighted by Gasteiger charge is -2.16. The van der Waals surface area contributed by atoms with Crippen molar-refractivity contribution in [3.05, 3.63) is 39.0 Å². The second-order valence-corrected chi connectivity index (χ2v) is 10.0. The van der Waals surface area contributed by atoms with Crippen molar-refractivity contribution < 1.29 is 19.2 Å². The number of aliphatic hydroxyl groups excluding tert-OH is 1. The molecule has 2 aliphatic rings. The van der Waals surface area contributed by atoms with Crippen LogP contribution in [0.25, 0.3) is 0 Å². The molecule has 0 saturated heterocycles. The van der Waals surface area contributed by atoms with Gasteiger partial charge in [0.25, 0.3) is 0 Å². The van der Waals surface area contributed by atoms with Crippen LogP contribution in [0.15, 0.2) is 10.4 Å². The van der Waals surface area contributed by atoms with Gasteiger partial charge in [-0.2, -0.15) is 5.26 Å². The van der Waals surface area contributed by atoms with Crippen LogP contribution in [0.5, 0.6) is 0 Å². The number of fused-ring (bicyclic) bond motifs is 2. The first-order valence-corrected chi connectivity index (χ1v) is 11.8. The molecule has 1 aromatic carbocycles. The number of nitriles is 1. The van der Waals surface area contributed by atoms with E-state index in [1.165, 1.54) is 13.1 Å². The fraction of sp³-hybridized carbons (Fsp3) is 0.450. The van der Waals surface area contributed by atoms with Crippen molar-refractivity contribution in [1.29, 1.82) is 5.26 Å². The standard InChI is InChI=1S/C14H15N3O.C6H10N2O3S2/c15-7-12-8-3-1-5-10(8)13(17-14(16)18)11-6-2-4-9(11)12;1-6(10,3-9)5-8-2-4(12-5)13(7)11/h1-6H2,(H3,16,17,18);2,9-10H,3,7H2,1H3. The van der Waals surface area contributed by atoms with E-state index in [1.807, 2.05) is 0 Å². The largest absolute Gasteiger partial charge is 0.393 e. The monoisotopic (exact) mass is 463 g/mol. The molecule has 31 heavy (non-hydrogen) atoms. The summed E-state index contributed by atoms with van der Waals surface area (Å²) in [6, 6.07) is 1.85. The van der Waals surface area contributed by atoms with Crippen LogP contribution in [0.2, 0.25) is 0 Å². The second-order valence-electron chi connectivity index (χ2n) is 7.69. The van der Waals surface area contributed by atoms with Crippen molar-refractivity contribution in [1.82, 2.24) is 4.98 Å². The van der Waals surface area contributed by atoms with Crippen LogP contribution in [0.1, 0.15) is 52.6 Å². The molecular weight excluding hydrogens is 438 g/mol. The third-order valence-electron chi connectivity index (χ3n) is 5.45. The number of nitrogens with two attached hydrogens (primary N) is 2. The van der Waals surface area contributed by atoms with Gasteiger partial charge in [0.2, 0.25) is 0 Å². The van der Waals surface area contributed by atoms with Gasteiger partial charge in [-0.15, -0.1) is 11.3 Å². The topological polar surface area (TPSA) is 175 Å². The quantitative estimate of drug-likeness (QED) is 0.457. The third-order valence-corrected chi connectivity index (χ3v) is 7.74. The predicted molar refractivity (Wildman–Crippen MR) is 118 cm³/mol. The number of anilines is 1. The van der Waals surface area contributed by atoms with Crippen LogP contribution in [0.4, 0.5) is 10.5 Å². The summed E-state index contributed by atoms with van der Waals surface area (Å²) in [7, 11) is -1.58. The Morgan fingerprint density at radius 3 is 2.26 bits per heavy atom. The van der Waals surface area contributed by atoms with Gasteiger partial charge in [0.05, 0.1) is 24.4 Å². The molecule has 2 atom stereocenters. The molecule has 166 valence electrons. The van der Waals surface area contributed by atoms with Crippen molar-refractivity contribution in [3.63, 3.8) is 0 Å². The summed E-state index contributed by atoms with van der Waals surface area (Å²) in [6.07, 6.45) is 7.21. The minimum Gasteiger partial charge on any atom is -0.393 e. The van der Waals surface area contributed by atoms with Gasteiger partial charge in [-0.3, -0.25) is 0 Å². The number of hydrogen-bond acceptors (Lipinski definition) is 7. The summed E-state index contributed by atoms with van der Waals surface area (Å²) < 4.78 is 11.2. The molecule has 0 fully saturated rings. The number of amides is 2. The van der Waals surface area contributed by atoms with E-state index in [2.05, 4.69) is 16.4 Å². The van der Waals surface area contributed by atoms with E-state index in [0.29, 0.717) is 9.22 Å². The zero-order valence-electron chi connectivity index (χ0n) is 17.1. The Balaban J connectivity index is 0.000000187. The van der Waals surface area contributed by atoms with Gasteiger partial charge in [-0.05, 0) is 67.7 Å². The highest BCUT2D eigenvalue weighted by Gasteiger charge is 2.29. The number of carbonyl (C=O) groups is 1. The average molecular weight is 464 g/mol. The van der Waals surface area contributed by atoms with Crippen molar-refractivity contribution >= 4 is 34.0 Å². The van der Waals surface area contributed by atoms with Gasteiger partial charge in [0, 0.05) is 5.69 Å². The van der Waals surface area contributed by atoms with Crippen LogP contribution in [-0.4, -0.2) is 32.0 Å². The summed E-state index contributed by atoms with van der Waals surface area (Å²) >= 11 is 1.03. The van der Waals surface area contributed by atoms with Crippen molar-refractivity contribution in [2.24, 2.45) is 10.9 Å². The zero-order valence-corrected chi connectivity index (χ0v) is 18.7. The van der Waals surface area contributed by atoms with E-state index in [4.69, 9.17) is 16.0 Å². The number of nitrogens with zero attached hydrogens (tertiary/aromatic N) is 2. The maximum absolute atomic E-state index is 11.2. The smallest absolute Gasteiger partial charge is 0.316 e. The zero-order chi connectivity index (χ0) is 22.8. The summed E-state index contributed by atoms with van der Waals surface area (Å²) in [6.45, 7) is 0.992. The fourth-order valence-electron chi connectivity index (χ4n) is 4.03. The fourth-order valence-corrected chi connectivity index (χ4v) is 5.44. The number of aromatic nitrogens is 1. The van der Waals surface area contributed by atoms with Gasteiger partial charge in [-0.25, -0.2) is 19.1 Å². The van der Waals surface area contributed by atoms with Gasteiger partial charge >= 0.3 is 6.03 Å². The lowest BCUT2D eigenvalue weighted by atomic mass is 9.93. The van der Waals surface area contributed by atoms with Gasteiger partial charge < -0.3 is 21.3 Å². The molecule has 2 unspecified atom stereocenters. The number of hydrogen-bond donors (Lipinski definition) is 5. The van der Waals surface area contributed by atoms with Gasteiger partial charge in [0.15, 0.2) is 0 Å². The van der Waals surface area contributed by atoms with Crippen LogP contribution >= 0.6 is 11.3 Å². The Bertz CT molecular complexity index is 1040. The maximum atomic E-state index is 11.2. The van der Waals surface area contributed by atoms with E-state index in [1.54, 1.807) is 0 Å². The number of carbonyl (C=O) groups excluding carboxylic acids is 1. The molecule has 0 radical (unpaired) electrons. The minimum atomic E-state index is -1.58. The first-order chi connectivity index (χ1) is 14.7. The van der Waals surface area contributed by atoms with Crippen LogP contribution in [-0.2, 0) is 42.3 Å². The molecule has 4 rings (SSSR count). The Morgan fingerprint density at radius 2 is 1.84 bits per heavy atom. The normalized spacial score (nSPS) is 16.9. The molecule has 0 spiro atoms. The molecule has 0 aliphatic heterocycles. The third kappa shape index (κ3) is 4.78. The van der Waals surface area contributed by atoms with E-state index in [-0.39, 0.29) is 0 Å². The molecular formula is C20H25N5O4S2. The summed E-state index contributed by atoms with van der Waals surface area (Å²) in [4.78, 5) is 15.0. The van der Waals surface area contributed by atoms with E-state index < -0.39 is 29.2 Å². The van der Waals surface area contributed by atoms with Crippen molar-refractivity contribution in [3.8, 4) is 6.07 Å². The van der Waals surface area contributed by atoms with E-state index >= 15 is 0 Å². The average Bonchev–Trinajstić information content (AvgIpc) is 3.47. The highest BCUT2D eigenvalue weighted by molar-refractivity contribution is 7.85. The number of nitrogens with one attached hydrogen (secondary N) is 1. The van der Waals surface area contributed by atoms with Crippen LogP contribution in [0.3, 0.4) is 0 Å². The molecule has 0 saturated carbocycles. The first-order valence-electron chi connectivity index (χ1n) is 9.81. The molecule has 2 aromatic rings. The molecule has 1 aromatic heterocycles. The van der Waals surface area contributed by atoms with Gasteiger partial charge in [-0.1, -0.05) is 0 Å². The van der Waals surface area contributed by atoms with E-state index in [9.17, 15) is 19.4 Å². The van der Waals surface area contributed by atoms with Crippen molar-refractivity contribution in [2.75, 3.05) is 11.9 Å². The molecule has 9 nitrogen and oxygen atoms in total.